The van der Waals surface area contributed by atoms with E-state index in [-0.39, 0.29) is 30.4 Å². The second-order valence-corrected chi connectivity index (χ2v) is 9.57. The maximum Gasteiger partial charge on any atom is 0.254 e. The smallest absolute Gasteiger partial charge is 0.254 e. The summed E-state index contributed by atoms with van der Waals surface area (Å²) in [5.41, 5.74) is 2.51. The lowest BCUT2D eigenvalue weighted by Crippen LogP contribution is -2.34. The second-order valence-electron chi connectivity index (χ2n) is 7.71. The minimum Gasteiger partial charge on any atom is -0.331 e. The third-order valence-corrected chi connectivity index (χ3v) is 6.66. The molecule has 5 nitrogen and oxygen atoms in total. The van der Waals surface area contributed by atoms with E-state index in [0.29, 0.717) is 23.2 Å². The van der Waals surface area contributed by atoms with E-state index < -0.39 is 10.0 Å². The zero-order valence-corrected chi connectivity index (χ0v) is 16.7. The minimum absolute atomic E-state index is 0.131. The normalized spacial score (nSPS) is 18.8. The molecule has 1 aliphatic carbocycles. The molecule has 0 bridgehead atoms. The van der Waals surface area contributed by atoms with Crippen molar-refractivity contribution < 1.29 is 17.6 Å². The third-order valence-electron chi connectivity index (χ3n) is 5.38. The number of nitrogens with zero attached hydrogens (tertiary/aromatic N) is 2. The third kappa shape index (κ3) is 3.51. The van der Waals surface area contributed by atoms with Gasteiger partial charge < -0.3 is 4.90 Å². The van der Waals surface area contributed by atoms with Crippen molar-refractivity contribution in [3.63, 3.8) is 0 Å². The molecule has 0 unspecified atom stereocenters. The Balaban J connectivity index is 1.63. The molecule has 0 N–H and O–H groups in total. The van der Waals surface area contributed by atoms with Gasteiger partial charge in [-0.3, -0.25) is 9.10 Å². The molecular formula is C21H23FN2O3S. The van der Waals surface area contributed by atoms with E-state index in [0.717, 1.165) is 18.4 Å². The molecule has 4 rings (SSSR count). The molecule has 148 valence electrons. The summed E-state index contributed by atoms with van der Waals surface area (Å²) < 4.78 is 39.7. The Morgan fingerprint density at radius 3 is 2.57 bits per heavy atom. The highest BCUT2D eigenvalue weighted by Crippen LogP contribution is 2.36. The molecule has 1 heterocycles. The van der Waals surface area contributed by atoms with Gasteiger partial charge in [0, 0.05) is 29.8 Å². The summed E-state index contributed by atoms with van der Waals surface area (Å²) >= 11 is 0. The highest BCUT2D eigenvalue weighted by molar-refractivity contribution is 7.92. The van der Waals surface area contributed by atoms with Gasteiger partial charge in [0.1, 0.15) is 5.82 Å². The molecule has 0 spiro atoms. The predicted octanol–water partition coefficient (Wildman–Crippen LogP) is 3.34. The van der Waals surface area contributed by atoms with Gasteiger partial charge in [0.25, 0.3) is 5.91 Å². The van der Waals surface area contributed by atoms with E-state index in [4.69, 9.17) is 0 Å². The molecule has 2 aromatic rings. The van der Waals surface area contributed by atoms with Crippen LogP contribution in [0.25, 0.3) is 0 Å². The number of fused-ring (bicyclic) bond motifs is 1. The number of anilines is 1. The van der Waals surface area contributed by atoms with Gasteiger partial charge >= 0.3 is 0 Å². The highest BCUT2D eigenvalue weighted by Gasteiger charge is 2.36. The van der Waals surface area contributed by atoms with E-state index in [1.54, 1.807) is 41.3 Å². The molecule has 28 heavy (non-hydrogen) atoms. The van der Waals surface area contributed by atoms with Crippen LogP contribution in [-0.2, 0) is 23.0 Å². The van der Waals surface area contributed by atoms with Crippen LogP contribution >= 0.6 is 0 Å². The number of amides is 1. The van der Waals surface area contributed by atoms with Gasteiger partial charge in [-0.1, -0.05) is 18.2 Å². The van der Waals surface area contributed by atoms with E-state index in [1.165, 1.54) is 16.6 Å². The molecule has 2 aromatic carbocycles. The fraction of sp³-hybridized carbons (Fsp3) is 0.381. The fourth-order valence-electron chi connectivity index (χ4n) is 3.97. The second kappa shape index (κ2) is 6.88. The molecule has 1 aliphatic heterocycles. The SMILES string of the molecule is C[C@@H]1Cc2cc(C(=O)N(Cc3ccccc3F)C3CC3)ccc2N1S(C)(=O)=O. The Morgan fingerprint density at radius 2 is 1.93 bits per heavy atom. The first-order chi connectivity index (χ1) is 13.3. The lowest BCUT2D eigenvalue weighted by atomic mass is 10.1. The minimum atomic E-state index is -3.37. The Morgan fingerprint density at radius 1 is 1.21 bits per heavy atom. The fourth-order valence-corrected chi connectivity index (χ4v) is 5.23. The summed E-state index contributed by atoms with van der Waals surface area (Å²) in [4.78, 5) is 14.9. The van der Waals surface area contributed by atoms with Crippen molar-refractivity contribution in [2.75, 3.05) is 10.6 Å². The van der Waals surface area contributed by atoms with Gasteiger partial charge in [-0.2, -0.15) is 0 Å². The molecule has 1 fully saturated rings. The molecule has 0 saturated heterocycles. The van der Waals surface area contributed by atoms with Crippen molar-refractivity contribution in [2.45, 2.75) is 44.8 Å². The molecule has 1 saturated carbocycles. The Labute approximate surface area is 164 Å². The molecule has 7 heteroatoms. The number of hydrogen-bond donors (Lipinski definition) is 0. The van der Waals surface area contributed by atoms with Gasteiger partial charge in [0.15, 0.2) is 0 Å². The van der Waals surface area contributed by atoms with Crippen LogP contribution in [0.2, 0.25) is 0 Å². The monoisotopic (exact) mass is 402 g/mol. The molecule has 1 atom stereocenters. The van der Waals surface area contributed by atoms with Crippen LogP contribution in [0.5, 0.6) is 0 Å². The average molecular weight is 402 g/mol. The van der Waals surface area contributed by atoms with Crippen LogP contribution in [0.15, 0.2) is 42.5 Å². The van der Waals surface area contributed by atoms with Crippen LogP contribution in [0.4, 0.5) is 10.1 Å². The maximum absolute atomic E-state index is 14.1. The average Bonchev–Trinajstić information content (AvgIpc) is 3.40. The van der Waals surface area contributed by atoms with E-state index >= 15 is 0 Å². The summed E-state index contributed by atoms with van der Waals surface area (Å²) in [6.45, 7) is 2.09. The van der Waals surface area contributed by atoms with Gasteiger partial charge in [0.05, 0.1) is 11.9 Å². The topological polar surface area (TPSA) is 57.7 Å². The first kappa shape index (κ1) is 18.9. The molecule has 1 amide bonds. The first-order valence-electron chi connectivity index (χ1n) is 9.42. The Kier molecular flexibility index (Phi) is 4.65. The number of sulfonamides is 1. The number of carbonyl (C=O) groups excluding carboxylic acids is 1. The number of rotatable bonds is 5. The van der Waals surface area contributed by atoms with E-state index in [9.17, 15) is 17.6 Å². The summed E-state index contributed by atoms with van der Waals surface area (Å²) in [6.07, 6.45) is 3.61. The van der Waals surface area contributed by atoms with Crippen LogP contribution in [0.1, 0.15) is 41.3 Å². The van der Waals surface area contributed by atoms with Crippen LogP contribution < -0.4 is 4.31 Å². The van der Waals surface area contributed by atoms with Gasteiger partial charge in [-0.15, -0.1) is 0 Å². The molecule has 0 aromatic heterocycles. The zero-order chi connectivity index (χ0) is 20.1. The van der Waals surface area contributed by atoms with Gasteiger partial charge in [-0.05, 0) is 56.0 Å². The summed E-state index contributed by atoms with van der Waals surface area (Å²) in [5, 5.41) is 0. The van der Waals surface area contributed by atoms with Crippen molar-refractivity contribution in [3.8, 4) is 0 Å². The molecule has 0 radical (unpaired) electrons. The lowest BCUT2D eigenvalue weighted by Gasteiger charge is -2.24. The van der Waals surface area contributed by atoms with Gasteiger partial charge in [0.2, 0.25) is 10.0 Å². The van der Waals surface area contributed by atoms with Crippen molar-refractivity contribution in [1.82, 2.24) is 4.90 Å². The van der Waals surface area contributed by atoms with E-state index in [1.807, 2.05) is 6.92 Å². The highest BCUT2D eigenvalue weighted by atomic mass is 32.2. The van der Waals surface area contributed by atoms with Gasteiger partial charge in [-0.25, -0.2) is 12.8 Å². The summed E-state index contributed by atoms with van der Waals surface area (Å²) in [7, 11) is -3.37. The summed E-state index contributed by atoms with van der Waals surface area (Å²) in [6, 6.07) is 11.6. The van der Waals surface area contributed by atoms with Crippen LogP contribution in [0, 0.1) is 5.82 Å². The molecular weight excluding hydrogens is 379 g/mol. The number of hydrogen-bond acceptors (Lipinski definition) is 3. The first-order valence-corrected chi connectivity index (χ1v) is 11.3. The van der Waals surface area contributed by atoms with Crippen molar-refractivity contribution in [3.05, 3.63) is 65.0 Å². The van der Waals surface area contributed by atoms with E-state index in [2.05, 4.69) is 0 Å². The maximum atomic E-state index is 14.1. The Hall–Kier alpha value is -2.41. The Bertz CT molecular complexity index is 1030. The zero-order valence-electron chi connectivity index (χ0n) is 15.9. The largest absolute Gasteiger partial charge is 0.331 e. The molecule has 2 aliphatic rings. The van der Waals surface area contributed by atoms with Crippen molar-refractivity contribution in [2.24, 2.45) is 0 Å². The lowest BCUT2D eigenvalue weighted by molar-refractivity contribution is 0.0728. The number of benzene rings is 2. The predicted molar refractivity (Wildman–Crippen MR) is 106 cm³/mol. The standard InChI is InChI=1S/C21H23FN2O3S/c1-14-11-17-12-15(7-10-20(17)24(14)28(2,26)27)21(25)23(18-8-9-18)13-16-5-3-4-6-19(16)22/h3-7,10,12,14,18H,8-9,11,13H2,1-2H3/t14-/m1/s1. The van der Waals surface area contributed by atoms with Crippen molar-refractivity contribution >= 4 is 21.6 Å². The van der Waals surface area contributed by atoms with Crippen LogP contribution in [-0.4, -0.2) is 37.6 Å². The van der Waals surface area contributed by atoms with Crippen molar-refractivity contribution in [1.29, 1.82) is 0 Å². The quantitative estimate of drug-likeness (QED) is 0.771. The number of halogens is 1. The van der Waals surface area contributed by atoms with Crippen LogP contribution in [0.3, 0.4) is 0 Å². The summed E-state index contributed by atoms with van der Waals surface area (Å²) in [5.74, 6) is -0.452. The number of carbonyl (C=O) groups is 1.